The minimum Gasteiger partial charge on any atom is -0.364 e. The van der Waals surface area contributed by atoms with Gasteiger partial charge < -0.3 is 10.2 Å². The molecule has 7 nitrogen and oxygen atoms in total. The van der Waals surface area contributed by atoms with Crippen molar-refractivity contribution in [2.75, 3.05) is 25.0 Å². The van der Waals surface area contributed by atoms with Crippen molar-refractivity contribution in [2.24, 2.45) is 0 Å². The highest BCUT2D eigenvalue weighted by Crippen LogP contribution is 2.25. The normalized spacial score (nSPS) is 10.2. The predicted octanol–water partition coefficient (Wildman–Crippen LogP) is 2.42. The van der Waals surface area contributed by atoms with Crippen LogP contribution < -0.4 is 5.32 Å². The summed E-state index contributed by atoms with van der Waals surface area (Å²) < 4.78 is 0.536. The van der Waals surface area contributed by atoms with Gasteiger partial charge in [0.25, 0.3) is 0 Å². The van der Waals surface area contributed by atoms with Crippen LogP contribution in [0.25, 0.3) is 0 Å². The molecule has 0 aliphatic carbocycles. The van der Waals surface area contributed by atoms with Crippen LogP contribution in [0.3, 0.4) is 0 Å². The summed E-state index contributed by atoms with van der Waals surface area (Å²) in [6.45, 7) is 5.45. The fourth-order valence-electron chi connectivity index (χ4n) is 1.73. The molecule has 8 heteroatoms. The van der Waals surface area contributed by atoms with E-state index in [2.05, 4.69) is 26.2 Å². The van der Waals surface area contributed by atoms with Gasteiger partial charge in [0.2, 0.25) is 11.7 Å². The smallest absolute Gasteiger partial charge is 0.312 e. The molecule has 0 radical (unpaired) electrons. The van der Waals surface area contributed by atoms with E-state index < -0.39 is 4.92 Å². The van der Waals surface area contributed by atoms with Crippen molar-refractivity contribution in [3.63, 3.8) is 0 Å². The van der Waals surface area contributed by atoms with Gasteiger partial charge in [0.1, 0.15) is 0 Å². The van der Waals surface area contributed by atoms with Crippen LogP contribution in [-0.2, 0) is 4.79 Å². The molecule has 1 heterocycles. The van der Waals surface area contributed by atoms with Crippen molar-refractivity contribution in [1.82, 2.24) is 9.88 Å². The lowest BCUT2D eigenvalue weighted by molar-refractivity contribution is -0.384. The van der Waals surface area contributed by atoms with Gasteiger partial charge in [-0.1, -0.05) is 0 Å². The summed E-state index contributed by atoms with van der Waals surface area (Å²) in [6, 6.07) is 1.38. The van der Waals surface area contributed by atoms with Crippen molar-refractivity contribution >= 4 is 33.3 Å². The molecular weight excluding hydrogens is 328 g/mol. The third-order valence-corrected chi connectivity index (χ3v) is 3.21. The van der Waals surface area contributed by atoms with Crippen LogP contribution in [0.5, 0.6) is 0 Å². The van der Waals surface area contributed by atoms with E-state index in [9.17, 15) is 14.9 Å². The van der Waals surface area contributed by atoms with E-state index in [0.717, 1.165) is 0 Å². The maximum absolute atomic E-state index is 11.8. The number of pyridine rings is 1. The van der Waals surface area contributed by atoms with E-state index in [1.165, 1.54) is 12.3 Å². The van der Waals surface area contributed by atoms with Crippen molar-refractivity contribution < 1.29 is 9.72 Å². The topological polar surface area (TPSA) is 88.4 Å². The van der Waals surface area contributed by atoms with Crippen LogP contribution in [0.2, 0.25) is 0 Å². The minimum atomic E-state index is -0.508. The molecule has 0 fully saturated rings. The van der Waals surface area contributed by atoms with Crippen molar-refractivity contribution in [3.8, 4) is 0 Å². The maximum Gasteiger partial charge on any atom is 0.312 e. The van der Waals surface area contributed by atoms with Gasteiger partial charge in [0, 0.05) is 42.8 Å². The van der Waals surface area contributed by atoms with Crippen LogP contribution in [0.15, 0.2) is 16.7 Å². The SMILES string of the molecule is CCN(CC)C(=O)CCNc1ncc(Br)cc1[N+](=O)[O-]. The molecule has 0 bridgehead atoms. The van der Waals surface area contributed by atoms with Gasteiger partial charge in [-0.15, -0.1) is 0 Å². The number of amides is 1. The highest BCUT2D eigenvalue weighted by atomic mass is 79.9. The van der Waals surface area contributed by atoms with E-state index in [-0.39, 0.29) is 23.8 Å². The Balaban J connectivity index is 2.62. The minimum absolute atomic E-state index is 0.0160. The standard InChI is InChI=1S/C12H17BrN4O3/c1-3-16(4-2)11(18)5-6-14-12-10(17(19)20)7-9(13)8-15-12/h7-8H,3-6H2,1-2H3,(H,14,15). The maximum atomic E-state index is 11.8. The first kappa shape index (κ1) is 16.4. The Morgan fingerprint density at radius 1 is 1.50 bits per heavy atom. The Morgan fingerprint density at radius 3 is 2.70 bits per heavy atom. The lowest BCUT2D eigenvalue weighted by Gasteiger charge is -2.18. The molecule has 0 aliphatic heterocycles. The second-order valence-electron chi connectivity index (χ2n) is 4.02. The van der Waals surface area contributed by atoms with Gasteiger partial charge in [-0.05, 0) is 29.8 Å². The van der Waals surface area contributed by atoms with Crippen molar-refractivity contribution in [1.29, 1.82) is 0 Å². The van der Waals surface area contributed by atoms with Gasteiger partial charge in [0.05, 0.1) is 4.92 Å². The first-order valence-corrected chi connectivity index (χ1v) is 7.10. The average Bonchev–Trinajstić information content (AvgIpc) is 2.41. The zero-order chi connectivity index (χ0) is 15.1. The highest BCUT2D eigenvalue weighted by molar-refractivity contribution is 9.10. The molecule has 0 unspecified atom stereocenters. The molecule has 0 atom stereocenters. The van der Waals surface area contributed by atoms with Gasteiger partial charge >= 0.3 is 5.69 Å². The molecule has 110 valence electrons. The third kappa shape index (κ3) is 4.44. The Hall–Kier alpha value is -1.70. The van der Waals surface area contributed by atoms with Crippen LogP contribution >= 0.6 is 15.9 Å². The lowest BCUT2D eigenvalue weighted by atomic mass is 10.3. The highest BCUT2D eigenvalue weighted by Gasteiger charge is 2.16. The van der Waals surface area contributed by atoms with Gasteiger partial charge in [-0.2, -0.15) is 0 Å². The Kier molecular flexibility index (Phi) is 6.37. The number of aromatic nitrogens is 1. The zero-order valence-corrected chi connectivity index (χ0v) is 13.0. The van der Waals surface area contributed by atoms with E-state index >= 15 is 0 Å². The number of rotatable bonds is 7. The molecule has 0 spiro atoms. The van der Waals surface area contributed by atoms with E-state index in [0.29, 0.717) is 24.1 Å². The molecule has 0 aromatic carbocycles. The molecule has 0 saturated heterocycles. The second kappa shape index (κ2) is 7.78. The predicted molar refractivity (Wildman–Crippen MR) is 79.6 cm³/mol. The van der Waals surface area contributed by atoms with Crippen molar-refractivity contribution in [2.45, 2.75) is 20.3 Å². The molecule has 0 saturated carbocycles. The molecule has 20 heavy (non-hydrogen) atoms. The molecule has 1 aromatic heterocycles. The van der Waals surface area contributed by atoms with Crippen LogP contribution in [0, 0.1) is 10.1 Å². The number of carbonyl (C=O) groups is 1. The zero-order valence-electron chi connectivity index (χ0n) is 11.4. The summed E-state index contributed by atoms with van der Waals surface area (Å²) in [7, 11) is 0. The number of hydrogen-bond donors (Lipinski definition) is 1. The van der Waals surface area contributed by atoms with Crippen LogP contribution in [0.1, 0.15) is 20.3 Å². The number of anilines is 1. The number of hydrogen-bond acceptors (Lipinski definition) is 5. The molecule has 0 aliphatic rings. The summed E-state index contributed by atoms with van der Waals surface area (Å²) in [5, 5.41) is 13.7. The summed E-state index contributed by atoms with van der Waals surface area (Å²) in [6.07, 6.45) is 1.75. The van der Waals surface area contributed by atoms with Crippen LogP contribution in [-0.4, -0.2) is 40.3 Å². The van der Waals surface area contributed by atoms with Gasteiger partial charge in [-0.3, -0.25) is 14.9 Å². The summed E-state index contributed by atoms with van der Waals surface area (Å²) >= 11 is 3.14. The number of nitro groups is 1. The molecule has 1 amide bonds. The fourth-order valence-corrected chi connectivity index (χ4v) is 2.05. The quantitative estimate of drug-likeness (QED) is 0.606. The number of halogens is 1. The van der Waals surface area contributed by atoms with E-state index in [1.807, 2.05) is 13.8 Å². The van der Waals surface area contributed by atoms with Crippen molar-refractivity contribution in [3.05, 3.63) is 26.9 Å². The lowest BCUT2D eigenvalue weighted by Crippen LogP contribution is -2.31. The Morgan fingerprint density at radius 2 is 2.15 bits per heavy atom. The number of nitrogens with one attached hydrogen (secondary N) is 1. The van der Waals surface area contributed by atoms with Gasteiger partial charge in [0.15, 0.2) is 0 Å². The molecular formula is C12H17BrN4O3. The molecule has 1 rings (SSSR count). The summed E-state index contributed by atoms with van der Waals surface area (Å²) in [4.78, 5) is 27.9. The first-order chi connectivity index (χ1) is 9.49. The number of nitrogens with zero attached hydrogens (tertiary/aromatic N) is 3. The fraction of sp³-hybridized carbons (Fsp3) is 0.500. The van der Waals surface area contributed by atoms with E-state index in [4.69, 9.17) is 0 Å². The monoisotopic (exact) mass is 344 g/mol. The average molecular weight is 345 g/mol. The van der Waals surface area contributed by atoms with E-state index in [1.54, 1.807) is 4.90 Å². The molecule has 1 aromatic rings. The largest absolute Gasteiger partial charge is 0.364 e. The molecule has 1 N–H and O–H groups in total. The summed E-state index contributed by atoms with van der Waals surface area (Å²) in [5.74, 6) is 0.188. The second-order valence-corrected chi connectivity index (χ2v) is 4.94. The third-order valence-electron chi connectivity index (χ3n) is 2.78. The summed E-state index contributed by atoms with van der Waals surface area (Å²) in [5.41, 5.74) is -0.116. The Bertz CT molecular complexity index is 492. The number of carbonyl (C=O) groups excluding carboxylic acids is 1. The Labute approximate surface area is 125 Å². The first-order valence-electron chi connectivity index (χ1n) is 6.31. The van der Waals surface area contributed by atoms with Crippen LogP contribution in [0.4, 0.5) is 11.5 Å². The van der Waals surface area contributed by atoms with Gasteiger partial charge in [-0.25, -0.2) is 4.98 Å².